The van der Waals surface area contributed by atoms with E-state index in [1.54, 1.807) is 25.4 Å². The minimum Gasteiger partial charge on any atom is -0.493 e. The van der Waals surface area contributed by atoms with Gasteiger partial charge in [0.2, 0.25) is 0 Å². The van der Waals surface area contributed by atoms with E-state index in [2.05, 4.69) is 29.1 Å². The molecule has 1 amide bonds. The molecule has 8 heteroatoms. The third-order valence-corrected chi connectivity index (χ3v) is 6.25. The van der Waals surface area contributed by atoms with Crippen LogP contribution in [0.25, 0.3) is 10.2 Å². The van der Waals surface area contributed by atoms with Crippen LogP contribution in [0.5, 0.6) is 11.5 Å². The molecule has 2 heterocycles. The molecule has 0 saturated heterocycles. The highest BCUT2D eigenvalue weighted by Crippen LogP contribution is 2.34. The van der Waals surface area contributed by atoms with Crippen molar-refractivity contribution in [2.45, 2.75) is 27.2 Å². The second kappa shape index (κ2) is 9.96. The SMILES string of the molecule is COc1ccc(CCNc2ncnc3sc(C(=O)N(C)CC(C)C)c(C)c23)cc1OC. The lowest BCUT2D eigenvalue weighted by Gasteiger charge is -2.18. The van der Waals surface area contributed by atoms with Crippen LogP contribution < -0.4 is 14.8 Å². The zero-order valence-corrected chi connectivity index (χ0v) is 19.8. The van der Waals surface area contributed by atoms with E-state index in [4.69, 9.17) is 9.47 Å². The van der Waals surface area contributed by atoms with Gasteiger partial charge in [0.15, 0.2) is 11.5 Å². The van der Waals surface area contributed by atoms with Crippen LogP contribution in [-0.4, -0.2) is 55.1 Å². The van der Waals surface area contributed by atoms with Crippen molar-refractivity contribution in [1.29, 1.82) is 0 Å². The Kier molecular flexibility index (Phi) is 7.33. The zero-order chi connectivity index (χ0) is 22.5. The zero-order valence-electron chi connectivity index (χ0n) is 19.0. The predicted molar refractivity (Wildman–Crippen MR) is 126 cm³/mol. The van der Waals surface area contributed by atoms with E-state index in [0.29, 0.717) is 30.5 Å². The summed E-state index contributed by atoms with van der Waals surface area (Å²) in [5.74, 6) is 2.63. The van der Waals surface area contributed by atoms with Gasteiger partial charge in [0, 0.05) is 20.1 Å². The molecule has 0 aliphatic heterocycles. The second-order valence-corrected chi connectivity index (χ2v) is 8.90. The van der Waals surface area contributed by atoms with Crippen molar-refractivity contribution < 1.29 is 14.3 Å². The van der Waals surface area contributed by atoms with Crippen LogP contribution >= 0.6 is 11.3 Å². The Bertz CT molecular complexity index is 1060. The molecule has 0 atom stereocenters. The first-order chi connectivity index (χ1) is 14.8. The number of hydrogen-bond donors (Lipinski definition) is 1. The van der Waals surface area contributed by atoms with Gasteiger partial charge in [-0.2, -0.15) is 0 Å². The van der Waals surface area contributed by atoms with Crippen molar-refractivity contribution in [2.24, 2.45) is 5.92 Å². The van der Waals surface area contributed by atoms with E-state index in [1.165, 1.54) is 11.3 Å². The van der Waals surface area contributed by atoms with Crippen molar-refractivity contribution in [3.05, 3.63) is 40.5 Å². The molecule has 0 saturated carbocycles. The number of nitrogens with one attached hydrogen (secondary N) is 1. The van der Waals surface area contributed by atoms with Crippen molar-refractivity contribution >= 4 is 33.3 Å². The number of amides is 1. The summed E-state index contributed by atoms with van der Waals surface area (Å²) in [4.78, 5) is 25.1. The molecule has 3 aromatic rings. The molecule has 2 aromatic heterocycles. The molecule has 0 bridgehead atoms. The maximum absolute atomic E-state index is 12.9. The molecule has 31 heavy (non-hydrogen) atoms. The third kappa shape index (κ3) is 5.07. The number of fused-ring (bicyclic) bond motifs is 1. The van der Waals surface area contributed by atoms with E-state index in [-0.39, 0.29) is 5.91 Å². The molecule has 3 rings (SSSR count). The Morgan fingerprint density at radius 2 is 1.94 bits per heavy atom. The third-order valence-electron chi connectivity index (χ3n) is 5.06. The molecule has 0 fully saturated rings. The van der Waals surface area contributed by atoms with Crippen molar-refractivity contribution in [3.63, 3.8) is 0 Å². The molecule has 0 aliphatic rings. The van der Waals surface area contributed by atoms with E-state index in [0.717, 1.165) is 38.5 Å². The highest BCUT2D eigenvalue weighted by Gasteiger charge is 2.22. The van der Waals surface area contributed by atoms with Crippen LogP contribution in [0, 0.1) is 12.8 Å². The van der Waals surface area contributed by atoms with Gasteiger partial charge in [0.05, 0.1) is 24.5 Å². The number of rotatable bonds is 9. The number of anilines is 1. The van der Waals surface area contributed by atoms with Crippen LogP contribution in [0.4, 0.5) is 5.82 Å². The average molecular weight is 443 g/mol. The number of carbonyl (C=O) groups is 1. The van der Waals surface area contributed by atoms with Crippen LogP contribution in [0.15, 0.2) is 24.5 Å². The molecule has 0 spiro atoms. The molecule has 0 radical (unpaired) electrons. The van der Waals surface area contributed by atoms with Crippen molar-refractivity contribution in [3.8, 4) is 11.5 Å². The van der Waals surface area contributed by atoms with E-state index in [9.17, 15) is 4.79 Å². The number of ether oxygens (including phenoxy) is 2. The largest absolute Gasteiger partial charge is 0.493 e. The summed E-state index contributed by atoms with van der Waals surface area (Å²) < 4.78 is 10.7. The maximum atomic E-state index is 12.9. The maximum Gasteiger partial charge on any atom is 0.264 e. The molecule has 0 aliphatic carbocycles. The number of carbonyl (C=O) groups excluding carboxylic acids is 1. The molecule has 7 nitrogen and oxygen atoms in total. The minimum atomic E-state index is 0.0328. The summed E-state index contributed by atoms with van der Waals surface area (Å²) in [7, 11) is 5.11. The highest BCUT2D eigenvalue weighted by atomic mass is 32.1. The van der Waals surface area contributed by atoms with Gasteiger partial charge in [-0.3, -0.25) is 4.79 Å². The number of aromatic nitrogens is 2. The summed E-state index contributed by atoms with van der Waals surface area (Å²) in [5, 5.41) is 4.33. The summed E-state index contributed by atoms with van der Waals surface area (Å²) in [6.45, 7) is 7.58. The van der Waals surface area contributed by atoms with E-state index >= 15 is 0 Å². The summed E-state index contributed by atoms with van der Waals surface area (Å²) in [6, 6.07) is 5.91. The lowest BCUT2D eigenvalue weighted by atomic mass is 10.1. The Hall–Kier alpha value is -2.87. The van der Waals surface area contributed by atoms with E-state index < -0.39 is 0 Å². The number of thiophene rings is 1. The molecule has 1 aromatic carbocycles. The monoisotopic (exact) mass is 442 g/mol. The normalized spacial score (nSPS) is 11.1. The van der Waals surface area contributed by atoms with Crippen LogP contribution in [0.1, 0.15) is 34.6 Å². The lowest BCUT2D eigenvalue weighted by Crippen LogP contribution is -2.30. The van der Waals surface area contributed by atoms with Gasteiger partial charge < -0.3 is 19.7 Å². The fourth-order valence-corrected chi connectivity index (χ4v) is 4.72. The van der Waals surface area contributed by atoms with Gasteiger partial charge in [-0.15, -0.1) is 11.3 Å². The van der Waals surface area contributed by atoms with Crippen LogP contribution in [0.3, 0.4) is 0 Å². The first kappa shape index (κ1) is 22.8. The number of hydrogen-bond acceptors (Lipinski definition) is 7. The molecule has 166 valence electrons. The number of benzene rings is 1. The summed E-state index contributed by atoms with van der Waals surface area (Å²) in [6.07, 6.45) is 2.33. The Morgan fingerprint density at radius 1 is 1.19 bits per heavy atom. The van der Waals surface area contributed by atoms with Crippen molar-refractivity contribution in [2.75, 3.05) is 39.7 Å². The second-order valence-electron chi connectivity index (χ2n) is 7.90. The first-order valence-corrected chi connectivity index (χ1v) is 11.1. The molecule has 1 N–H and O–H groups in total. The van der Waals surface area contributed by atoms with Gasteiger partial charge in [-0.1, -0.05) is 19.9 Å². The minimum absolute atomic E-state index is 0.0328. The van der Waals surface area contributed by atoms with Gasteiger partial charge in [0.1, 0.15) is 17.0 Å². The number of aryl methyl sites for hydroxylation is 1. The van der Waals surface area contributed by atoms with Gasteiger partial charge in [0.25, 0.3) is 5.91 Å². The highest BCUT2D eigenvalue weighted by molar-refractivity contribution is 7.20. The quantitative estimate of drug-likeness (QED) is 0.529. The molecular weight excluding hydrogens is 412 g/mol. The lowest BCUT2D eigenvalue weighted by molar-refractivity contribution is 0.0783. The topological polar surface area (TPSA) is 76.6 Å². The average Bonchev–Trinajstić information content (AvgIpc) is 3.09. The Balaban J connectivity index is 1.77. The number of methoxy groups -OCH3 is 2. The summed E-state index contributed by atoms with van der Waals surface area (Å²) in [5.41, 5.74) is 2.05. The molecular formula is C23H30N4O3S. The Labute approximate surface area is 187 Å². The molecule has 0 unspecified atom stereocenters. The Morgan fingerprint density at radius 3 is 2.61 bits per heavy atom. The number of nitrogens with zero attached hydrogens (tertiary/aromatic N) is 3. The van der Waals surface area contributed by atoms with Crippen LogP contribution in [-0.2, 0) is 6.42 Å². The van der Waals surface area contributed by atoms with Crippen LogP contribution in [0.2, 0.25) is 0 Å². The smallest absolute Gasteiger partial charge is 0.264 e. The fraction of sp³-hybridized carbons (Fsp3) is 0.435. The van der Waals surface area contributed by atoms with Gasteiger partial charge >= 0.3 is 0 Å². The van der Waals surface area contributed by atoms with Crippen molar-refractivity contribution in [1.82, 2.24) is 14.9 Å². The van der Waals surface area contributed by atoms with E-state index in [1.807, 2.05) is 32.2 Å². The van der Waals surface area contributed by atoms with Gasteiger partial charge in [-0.25, -0.2) is 9.97 Å². The predicted octanol–water partition coefficient (Wildman–Crippen LogP) is 4.40. The fourth-order valence-electron chi connectivity index (χ4n) is 3.58. The standard InChI is InChI=1S/C23H30N4O3S/c1-14(2)12-27(4)23(28)20-15(3)19-21(25-13-26-22(19)31-20)24-10-9-16-7-8-17(29-5)18(11-16)30-6/h7-8,11,13-14H,9-10,12H2,1-6H3,(H,24,25,26). The summed E-state index contributed by atoms with van der Waals surface area (Å²) >= 11 is 1.43. The first-order valence-electron chi connectivity index (χ1n) is 10.3. The van der Waals surface area contributed by atoms with Gasteiger partial charge in [-0.05, 0) is 42.5 Å².